The van der Waals surface area contributed by atoms with Gasteiger partial charge in [0.25, 0.3) is 0 Å². The van der Waals surface area contributed by atoms with E-state index in [1.165, 1.54) is 5.56 Å². The zero-order valence-electron chi connectivity index (χ0n) is 12.1. The average Bonchev–Trinajstić information content (AvgIpc) is 2.38. The van der Waals surface area contributed by atoms with E-state index < -0.39 is 5.92 Å². The zero-order valence-corrected chi connectivity index (χ0v) is 12.1. The molecule has 0 heterocycles. The molecular weight excluding hydrogens is 236 g/mol. The smallest absolute Gasteiger partial charge is 0.237 e. The van der Waals surface area contributed by atoms with Crippen molar-refractivity contribution >= 4 is 5.91 Å². The van der Waals surface area contributed by atoms with Gasteiger partial charge in [-0.05, 0) is 11.5 Å². The molecule has 1 N–H and O–H groups in total. The maximum absolute atomic E-state index is 12.0. The number of nitrogens with zero attached hydrogens (tertiary/aromatic N) is 1. The second-order valence-corrected chi connectivity index (χ2v) is 5.82. The Morgan fingerprint density at radius 3 is 2.37 bits per heavy atom. The van der Waals surface area contributed by atoms with Crippen LogP contribution in [0.5, 0.6) is 0 Å². The molecule has 0 fully saturated rings. The van der Waals surface area contributed by atoms with Gasteiger partial charge in [0.15, 0.2) is 0 Å². The van der Waals surface area contributed by atoms with Crippen LogP contribution < -0.4 is 5.32 Å². The fourth-order valence-electron chi connectivity index (χ4n) is 1.92. The number of nitriles is 1. The minimum absolute atomic E-state index is 0.0323. The van der Waals surface area contributed by atoms with E-state index in [9.17, 15) is 4.79 Å². The minimum atomic E-state index is -0.577. The van der Waals surface area contributed by atoms with Gasteiger partial charge < -0.3 is 5.32 Å². The third-order valence-electron chi connectivity index (χ3n) is 3.35. The van der Waals surface area contributed by atoms with Crippen molar-refractivity contribution in [3.05, 3.63) is 35.9 Å². The van der Waals surface area contributed by atoms with Crippen molar-refractivity contribution in [3.63, 3.8) is 0 Å². The summed E-state index contributed by atoms with van der Waals surface area (Å²) in [6.45, 7) is 8.46. The molecule has 1 aromatic rings. The van der Waals surface area contributed by atoms with Gasteiger partial charge in [-0.15, -0.1) is 0 Å². The molecule has 0 aliphatic carbocycles. The molecule has 0 saturated carbocycles. The van der Waals surface area contributed by atoms with Gasteiger partial charge in [-0.2, -0.15) is 5.26 Å². The van der Waals surface area contributed by atoms with Crippen LogP contribution in [0.25, 0.3) is 0 Å². The largest absolute Gasteiger partial charge is 0.354 e. The van der Waals surface area contributed by atoms with Gasteiger partial charge in [-0.3, -0.25) is 4.79 Å². The summed E-state index contributed by atoms with van der Waals surface area (Å²) < 4.78 is 0. The van der Waals surface area contributed by atoms with E-state index in [1.54, 1.807) is 0 Å². The summed E-state index contributed by atoms with van der Waals surface area (Å²) in [5.41, 5.74) is 1.03. The molecule has 102 valence electrons. The average molecular weight is 258 g/mol. The molecular formula is C16H22N2O. The number of carbonyl (C=O) groups is 1. The van der Waals surface area contributed by atoms with Crippen molar-refractivity contribution in [1.29, 1.82) is 5.26 Å². The standard InChI is InChI=1S/C16H22N2O/c1-12(2)14(10-17)15(19)18-11-16(3,4)13-8-6-5-7-9-13/h5-9,12,14H,11H2,1-4H3,(H,18,19). The van der Waals surface area contributed by atoms with E-state index in [4.69, 9.17) is 5.26 Å². The lowest BCUT2D eigenvalue weighted by molar-refractivity contribution is -0.124. The van der Waals surface area contributed by atoms with Crippen LogP contribution >= 0.6 is 0 Å². The molecule has 19 heavy (non-hydrogen) atoms. The molecule has 0 bridgehead atoms. The van der Waals surface area contributed by atoms with Crippen LogP contribution in [0.4, 0.5) is 0 Å². The molecule has 0 aliphatic rings. The summed E-state index contributed by atoms with van der Waals surface area (Å²) in [5.74, 6) is -0.724. The molecule has 1 aromatic carbocycles. The van der Waals surface area contributed by atoms with E-state index in [-0.39, 0.29) is 17.2 Å². The Morgan fingerprint density at radius 1 is 1.32 bits per heavy atom. The van der Waals surface area contributed by atoms with Crippen LogP contribution in [0.1, 0.15) is 33.3 Å². The van der Waals surface area contributed by atoms with Gasteiger partial charge in [0.2, 0.25) is 5.91 Å². The second kappa shape index (κ2) is 6.38. The predicted molar refractivity (Wildman–Crippen MR) is 76.4 cm³/mol. The molecule has 1 unspecified atom stereocenters. The number of carbonyl (C=O) groups excluding carboxylic acids is 1. The first-order valence-electron chi connectivity index (χ1n) is 6.61. The molecule has 1 amide bonds. The summed E-state index contributed by atoms with van der Waals surface area (Å²) in [5, 5.41) is 11.9. The highest BCUT2D eigenvalue weighted by atomic mass is 16.1. The van der Waals surface area contributed by atoms with Crippen LogP contribution in [0, 0.1) is 23.2 Å². The Kier molecular flexibility index (Phi) is 5.11. The van der Waals surface area contributed by atoms with E-state index in [0.29, 0.717) is 6.54 Å². The number of nitrogens with one attached hydrogen (secondary N) is 1. The molecule has 0 aromatic heterocycles. The Labute approximate surface area is 115 Å². The first-order valence-corrected chi connectivity index (χ1v) is 6.61. The van der Waals surface area contributed by atoms with Gasteiger partial charge in [0.1, 0.15) is 5.92 Å². The summed E-state index contributed by atoms with van der Waals surface area (Å²) in [6, 6.07) is 12.1. The number of amides is 1. The van der Waals surface area contributed by atoms with E-state index in [2.05, 4.69) is 37.4 Å². The summed E-state index contributed by atoms with van der Waals surface area (Å²) in [6.07, 6.45) is 0. The molecule has 3 heteroatoms. The third kappa shape index (κ3) is 4.10. The van der Waals surface area contributed by atoms with Crippen LogP contribution in [-0.2, 0) is 10.2 Å². The highest BCUT2D eigenvalue weighted by Crippen LogP contribution is 2.22. The Bertz CT molecular complexity index is 457. The monoisotopic (exact) mass is 258 g/mol. The predicted octanol–water partition coefficient (Wildman–Crippen LogP) is 2.88. The quantitative estimate of drug-likeness (QED) is 0.883. The number of rotatable bonds is 5. The van der Waals surface area contributed by atoms with Crippen molar-refractivity contribution in [2.24, 2.45) is 11.8 Å². The van der Waals surface area contributed by atoms with Crippen LogP contribution in [0.2, 0.25) is 0 Å². The lowest BCUT2D eigenvalue weighted by Crippen LogP contribution is -2.40. The Morgan fingerprint density at radius 2 is 1.89 bits per heavy atom. The highest BCUT2D eigenvalue weighted by molar-refractivity contribution is 5.81. The fraction of sp³-hybridized carbons (Fsp3) is 0.500. The molecule has 0 spiro atoms. The zero-order chi connectivity index (χ0) is 14.5. The van der Waals surface area contributed by atoms with Gasteiger partial charge >= 0.3 is 0 Å². The van der Waals surface area contributed by atoms with E-state index in [1.807, 2.05) is 32.0 Å². The molecule has 3 nitrogen and oxygen atoms in total. The molecule has 1 rings (SSSR count). The van der Waals surface area contributed by atoms with Crippen molar-refractivity contribution in [2.75, 3.05) is 6.54 Å². The molecule has 0 aliphatic heterocycles. The maximum Gasteiger partial charge on any atom is 0.237 e. The SMILES string of the molecule is CC(C)C(C#N)C(=O)NCC(C)(C)c1ccccc1. The van der Waals surface area contributed by atoms with Crippen molar-refractivity contribution < 1.29 is 4.79 Å². The van der Waals surface area contributed by atoms with Crippen LogP contribution in [0.15, 0.2) is 30.3 Å². The summed E-state index contributed by atoms with van der Waals surface area (Å²) in [7, 11) is 0. The second-order valence-electron chi connectivity index (χ2n) is 5.82. The number of benzene rings is 1. The fourth-order valence-corrected chi connectivity index (χ4v) is 1.92. The number of hydrogen-bond donors (Lipinski definition) is 1. The molecule has 1 atom stereocenters. The van der Waals surface area contributed by atoms with Crippen molar-refractivity contribution in [2.45, 2.75) is 33.1 Å². The normalized spacial score (nSPS) is 12.8. The third-order valence-corrected chi connectivity index (χ3v) is 3.35. The van der Waals surface area contributed by atoms with Gasteiger partial charge in [-0.25, -0.2) is 0 Å². The summed E-state index contributed by atoms with van der Waals surface area (Å²) >= 11 is 0. The minimum Gasteiger partial charge on any atom is -0.354 e. The van der Waals surface area contributed by atoms with Gasteiger partial charge in [-0.1, -0.05) is 58.0 Å². The molecule has 0 radical (unpaired) electrons. The first-order chi connectivity index (χ1) is 8.88. The Balaban J connectivity index is 2.66. The summed E-state index contributed by atoms with van der Waals surface area (Å²) in [4.78, 5) is 12.0. The van der Waals surface area contributed by atoms with E-state index in [0.717, 1.165) is 0 Å². The Hall–Kier alpha value is -1.82. The topological polar surface area (TPSA) is 52.9 Å². The maximum atomic E-state index is 12.0. The van der Waals surface area contributed by atoms with E-state index >= 15 is 0 Å². The van der Waals surface area contributed by atoms with Gasteiger partial charge in [0, 0.05) is 12.0 Å². The van der Waals surface area contributed by atoms with Gasteiger partial charge in [0.05, 0.1) is 6.07 Å². The van der Waals surface area contributed by atoms with Crippen LogP contribution in [0.3, 0.4) is 0 Å². The lowest BCUT2D eigenvalue weighted by atomic mass is 9.84. The molecule has 0 saturated heterocycles. The van der Waals surface area contributed by atoms with Crippen molar-refractivity contribution in [1.82, 2.24) is 5.32 Å². The van der Waals surface area contributed by atoms with Crippen molar-refractivity contribution in [3.8, 4) is 6.07 Å². The first kappa shape index (κ1) is 15.2. The number of hydrogen-bond acceptors (Lipinski definition) is 2. The highest BCUT2D eigenvalue weighted by Gasteiger charge is 2.25. The van der Waals surface area contributed by atoms with Crippen LogP contribution in [-0.4, -0.2) is 12.5 Å². The lowest BCUT2D eigenvalue weighted by Gasteiger charge is -2.26.